The Hall–Kier alpha value is -2.39. The first-order valence-electron chi connectivity index (χ1n) is 15.2. The quantitative estimate of drug-likeness (QED) is 0.540. The number of piperazine rings is 1. The second-order valence-electron chi connectivity index (χ2n) is 13.6. The Kier molecular flexibility index (Phi) is 7.05. The molecule has 0 spiro atoms. The lowest BCUT2D eigenvalue weighted by atomic mass is 9.43. The van der Waals surface area contributed by atoms with Gasteiger partial charge in [-0.25, -0.2) is 9.59 Å². The summed E-state index contributed by atoms with van der Waals surface area (Å²) in [6.45, 7) is 8.96. The van der Waals surface area contributed by atoms with E-state index in [0.29, 0.717) is 31.3 Å². The largest absolute Gasteiger partial charge is 0.462 e. The fourth-order valence-electron chi connectivity index (χ4n) is 9.82. The van der Waals surface area contributed by atoms with Gasteiger partial charge in [0.1, 0.15) is 12.2 Å². The average Bonchev–Trinajstić information content (AvgIpc) is 3.15. The van der Waals surface area contributed by atoms with Crippen LogP contribution in [0.25, 0.3) is 0 Å². The van der Waals surface area contributed by atoms with Crippen LogP contribution in [0.15, 0.2) is 27.6 Å². The summed E-state index contributed by atoms with van der Waals surface area (Å²) >= 11 is 0. The first-order valence-corrected chi connectivity index (χ1v) is 15.2. The van der Waals surface area contributed by atoms with Gasteiger partial charge >= 0.3 is 17.7 Å². The Labute approximate surface area is 236 Å². The maximum absolute atomic E-state index is 12.8. The van der Waals surface area contributed by atoms with Crippen LogP contribution in [0.4, 0.5) is 4.79 Å². The molecule has 1 saturated heterocycles. The summed E-state index contributed by atoms with van der Waals surface area (Å²) in [5.41, 5.74) is -1.08. The van der Waals surface area contributed by atoms with Crippen molar-refractivity contribution >= 4 is 12.1 Å². The van der Waals surface area contributed by atoms with Crippen molar-refractivity contribution in [3.05, 3.63) is 34.4 Å². The fourth-order valence-corrected chi connectivity index (χ4v) is 9.82. The number of hydrogen-bond donors (Lipinski definition) is 2. The summed E-state index contributed by atoms with van der Waals surface area (Å²) in [6.07, 6.45) is 7.55. The molecule has 5 aliphatic rings. The number of hydrogen-bond acceptors (Lipinski definition) is 8. The number of carbonyl (C=O) groups excluding carboxylic acids is 2. The highest BCUT2D eigenvalue weighted by atomic mass is 16.6. The molecule has 2 N–H and O–H groups in total. The lowest BCUT2D eigenvalue weighted by molar-refractivity contribution is -0.205. The molecule has 4 aliphatic carbocycles. The summed E-state index contributed by atoms with van der Waals surface area (Å²) in [7, 11) is 0. The molecule has 1 amide bonds. The topological polar surface area (TPSA) is 118 Å². The van der Waals surface area contributed by atoms with E-state index in [1.807, 2.05) is 4.90 Å². The van der Waals surface area contributed by atoms with Gasteiger partial charge < -0.3 is 29.2 Å². The average molecular weight is 557 g/mol. The summed E-state index contributed by atoms with van der Waals surface area (Å²) in [5, 5.41) is 16.0. The predicted molar refractivity (Wildman–Crippen MR) is 147 cm³/mol. The molecule has 1 aliphatic heterocycles. The van der Waals surface area contributed by atoms with Gasteiger partial charge in [-0.1, -0.05) is 13.8 Å². The zero-order valence-electron chi connectivity index (χ0n) is 24.0. The van der Waals surface area contributed by atoms with E-state index < -0.39 is 22.7 Å². The van der Waals surface area contributed by atoms with Gasteiger partial charge in [-0.05, 0) is 79.7 Å². The van der Waals surface area contributed by atoms with Gasteiger partial charge in [-0.3, -0.25) is 4.79 Å². The van der Waals surface area contributed by atoms with E-state index >= 15 is 0 Å². The Morgan fingerprint density at radius 1 is 1.05 bits per heavy atom. The monoisotopic (exact) mass is 556 g/mol. The van der Waals surface area contributed by atoms with E-state index in [4.69, 9.17) is 13.9 Å². The molecule has 1 aromatic rings. The summed E-state index contributed by atoms with van der Waals surface area (Å²) in [5.74, 6) is 0.267. The molecular formula is C31H44N2O7. The van der Waals surface area contributed by atoms with Gasteiger partial charge in [0.15, 0.2) is 0 Å². The van der Waals surface area contributed by atoms with E-state index in [-0.39, 0.29) is 35.4 Å². The normalized spacial score (nSPS) is 42.8. The van der Waals surface area contributed by atoms with Gasteiger partial charge in [-0.2, -0.15) is 0 Å². The number of rotatable bonds is 3. The molecule has 0 aromatic carbocycles. The van der Waals surface area contributed by atoms with Crippen molar-refractivity contribution in [2.75, 3.05) is 26.2 Å². The number of ether oxygens (including phenoxy) is 2. The summed E-state index contributed by atoms with van der Waals surface area (Å²) in [6, 6.07) is 3.17. The third-order valence-corrected chi connectivity index (χ3v) is 11.8. The molecule has 6 rings (SSSR count). The van der Waals surface area contributed by atoms with E-state index in [0.717, 1.165) is 63.6 Å². The van der Waals surface area contributed by atoms with E-state index in [1.54, 1.807) is 6.07 Å². The van der Waals surface area contributed by atoms with Crippen LogP contribution in [0, 0.1) is 28.6 Å². The van der Waals surface area contributed by atoms with Gasteiger partial charge in [-0.15, -0.1) is 0 Å². The SMILES string of the molecule is CC(=O)OC1CC2(O)C3CCC4CC(OC(=O)N5CCNCC5)CCC4(C)C3CCC2(C)C1c1ccc(=O)oc1. The Bertz CT molecular complexity index is 1180. The molecule has 0 radical (unpaired) electrons. The Balaban J connectivity index is 1.23. The molecular weight excluding hydrogens is 512 g/mol. The van der Waals surface area contributed by atoms with Gasteiger partial charge in [0.25, 0.3) is 0 Å². The van der Waals surface area contributed by atoms with Crippen LogP contribution in [0.1, 0.15) is 83.6 Å². The number of fused-ring (bicyclic) bond motifs is 5. The second kappa shape index (κ2) is 10.2. The number of nitrogens with zero attached hydrogens (tertiary/aromatic N) is 1. The van der Waals surface area contributed by atoms with Gasteiger partial charge in [0.2, 0.25) is 0 Å². The van der Waals surface area contributed by atoms with Crippen molar-refractivity contribution < 1.29 is 28.6 Å². The number of amides is 1. The van der Waals surface area contributed by atoms with E-state index in [1.165, 1.54) is 19.3 Å². The maximum atomic E-state index is 12.8. The number of nitrogens with one attached hydrogen (secondary N) is 1. The van der Waals surface area contributed by atoms with Crippen LogP contribution in [-0.2, 0) is 14.3 Å². The molecule has 4 saturated carbocycles. The number of carbonyl (C=O) groups is 2. The molecule has 9 nitrogen and oxygen atoms in total. The zero-order valence-corrected chi connectivity index (χ0v) is 24.0. The molecule has 9 unspecified atom stereocenters. The van der Waals surface area contributed by atoms with Crippen LogP contribution < -0.4 is 10.9 Å². The van der Waals surface area contributed by atoms with Crippen molar-refractivity contribution in [1.29, 1.82) is 0 Å². The highest BCUT2D eigenvalue weighted by Gasteiger charge is 2.70. The van der Waals surface area contributed by atoms with Crippen LogP contribution >= 0.6 is 0 Å². The second-order valence-corrected chi connectivity index (χ2v) is 13.6. The first kappa shape index (κ1) is 27.8. The van der Waals surface area contributed by atoms with Crippen LogP contribution in [0.5, 0.6) is 0 Å². The van der Waals surface area contributed by atoms with Crippen molar-refractivity contribution in [2.24, 2.45) is 28.6 Å². The van der Waals surface area contributed by atoms with Gasteiger partial charge in [0, 0.05) is 56.9 Å². The highest BCUT2D eigenvalue weighted by Crippen LogP contribution is 2.71. The smallest absolute Gasteiger partial charge is 0.410 e. The summed E-state index contributed by atoms with van der Waals surface area (Å²) < 4.78 is 17.1. The third kappa shape index (κ3) is 4.39. The minimum Gasteiger partial charge on any atom is -0.462 e. The minimum atomic E-state index is -1.00. The van der Waals surface area contributed by atoms with Crippen molar-refractivity contribution in [3.8, 4) is 0 Å². The van der Waals surface area contributed by atoms with Crippen LogP contribution in [0.2, 0.25) is 0 Å². The standard InChI is InChI=1S/C31H44N2O7/c1-19(34)39-25-17-31(37)24-6-5-21-16-22(40-28(36)33-14-12-32-13-15-33)8-10-29(21,2)23(24)9-11-30(31,3)27(25)20-4-7-26(35)38-18-20/h4,7,18,21-25,27,32,37H,5-6,8-17H2,1-3H3. The minimum absolute atomic E-state index is 0.0501. The predicted octanol–water partition coefficient (Wildman–Crippen LogP) is 3.83. The molecule has 40 heavy (non-hydrogen) atoms. The lowest BCUT2D eigenvalue weighted by Gasteiger charge is -2.63. The molecule has 1 aromatic heterocycles. The molecule has 9 atom stereocenters. The van der Waals surface area contributed by atoms with Crippen molar-refractivity contribution in [3.63, 3.8) is 0 Å². The van der Waals surface area contributed by atoms with Crippen molar-refractivity contribution in [2.45, 2.75) is 95.9 Å². The third-order valence-electron chi connectivity index (χ3n) is 11.8. The van der Waals surface area contributed by atoms with Crippen LogP contribution in [0.3, 0.4) is 0 Å². The van der Waals surface area contributed by atoms with Crippen LogP contribution in [-0.4, -0.2) is 66.1 Å². The fraction of sp³-hybridized carbons (Fsp3) is 0.774. The molecule has 220 valence electrons. The number of aliphatic hydroxyl groups is 1. The Morgan fingerprint density at radius 3 is 2.52 bits per heavy atom. The van der Waals surface area contributed by atoms with Gasteiger partial charge in [0.05, 0.1) is 11.9 Å². The van der Waals surface area contributed by atoms with Crippen molar-refractivity contribution in [1.82, 2.24) is 10.2 Å². The Morgan fingerprint density at radius 2 is 1.82 bits per heavy atom. The highest BCUT2D eigenvalue weighted by molar-refractivity contribution is 5.68. The summed E-state index contributed by atoms with van der Waals surface area (Å²) in [4.78, 5) is 38.5. The zero-order chi connectivity index (χ0) is 28.3. The van der Waals surface area contributed by atoms with E-state index in [9.17, 15) is 19.5 Å². The molecule has 0 bridgehead atoms. The van der Waals surface area contributed by atoms with E-state index in [2.05, 4.69) is 19.2 Å². The maximum Gasteiger partial charge on any atom is 0.410 e. The lowest BCUT2D eigenvalue weighted by Crippen LogP contribution is -2.62. The first-order chi connectivity index (χ1) is 19.0. The number of esters is 1. The molecule has 2 heterocycles. The molecule has 9 heteroatoms. The molecule has 5 fully saturated rings.